The summed E-state index contributed by atoms with van der Waals surface area (Å²) in [4.78, 5) is 4.77. The van der Waals surface area contributed by atoms with Crippen LogP contribution in [0.25, 0.3) is 0 Å². The number of β-amino-alcohol motifs (C(OH)–C–C–N with tert-alkyl or cyclic N) is 1. The maximum absolute atomic E-state index is 14.2. The molecule has 1 aliphatic heterocycles. The average Bonchev–Trinajstić information content (AvgIpc) is 3.22. The molecule has 9 heteroatoms. The number of nitrogens with one attached hydrogen (secondary N) is 2. The molecule has 4 fully saturated rings. The van der Waals surface area contributed by atoms with E-state index in [2.05, 4.69) is 29.0 Å². The van der Waals surface area contributed by atoms with Gasteiger partial charge >= 0.3 is 6.18 Å². The summed E-state index contributed by atoms with van der Waals surface area (Å²) in [6.45, 7) is 7.68. The van der Waals surface area contributed by atoms with Gasteiger partial charge in [-0.05, 0) is 101 Å². The minimum absolute atomic E-state index is 0.0407. The normalized spacial score (nSPS) is 39.9. The van der Waals surface area contributed by atoms with Crippen LogP contribution in [0.3, 0.4) is 0 Å². The number of aliphatic hydroxyl groups is 1. The van der Waals surface area contributed by atoms with Crippen LogP contribution in [-0.4, -0.2) is 84.0 Å². The Morgan fingerprint density at radius 3 is 2.51 bits per heavy atom. The molecule has 3 saturated carbocycles. The maximum atomic E-state index is 14.2. The van der Waals surface area contributed by atoms with Crippen LogP contribution in [-0.2, 0) is 0 Å². The van der Waals surface area contributed by atoms with Crippen molar-refractivity contribution in [3.8, 4) is 0 Å². The van der Waals surface area contributed by atoms with Crippen molar-refractivity contribution in [1.82, 2.24) is 15.1 Å². The van der Waals surface area contributed by atoms with E-state index in [-0.39, 0.29) is 31.2 Å². The SMILES string of the molecule is CC1CCC(N(CCN2CCC(O)C2)[C@@H](C)NC2CCC(F)C(C(F)(F)F)C2)CCC1C1CCCC(C=N)C1. The third kappa shape index (κ3) is 8.39. The molecule has 0 radical (unpaired) electrons. The Balaban J connectivity index is 1.42. The quantitative estimate of drug-likeness (QED) is 0.140. The maximum Gasteiger partial charge on any atom is 0.394 e. The molecule has 0 spiro atoms. The first-order chi connectivity index (χ1) is 18.5. The Hall–Kier alpha value is -0.770. The van der Waals surface area contributed by atoms with Crippen LogP contribution in [0.4, 0.5) is 17.6 Å². The van der Waals surface area contributed by atoms with Crippen molar-refractivity contribution in [2.45, 2.75) is 128 Å². The van der Waals surface area contributed by atoms with Gasteiger partial charge in [-0.25, -0.2) is 4.39 Å². The summed E-state index contributed by atoms with van der Waals surface area (Å²) >= 11 is 0. The van der Waals surface area contributed by atoms with Crippen molar-refractivity contribution in [2.24, 2.45) is 29.6 Å². The molecule has 1 saturated heterocycles. The summed E-state index contributed by atoms with van der Waals surface area (Å²) in [7, 11) is 0. The molecule has 9 unspecified atom stereocenters. The van der Waals surface area contributed by atoms with E-state index in [1.165, 1.54) is 12.8 Å². The van der Waals surface area contributed by atoms with Gasteiger partial charge in [-0.15, -0.1) is 0 Å². The summed E-state index contributed by atoms with van der Waals surface area (Å²) in [5, 5.41) is 21.3. The predicted octanol–water partition coefficient (Wildman–Crippen LogP) is 6.01. The van der Waals surface area contributed by atoms with Crippen molar-refractivity contribution in [3.05, 3.63) is 0 Å². The van der Waals surface area contributed by atoms with E-state index in [1.54, 1.807) is 6.21 Å². The second-order valence-electron chi connectivity index (χ2n) is 13.3. The molecule has 0 aromatic heterocycles. The highest BCUT2D eigenvalue weighted by Gasteiger charge is 2.48. The van der Waals surface area contributed by atoms with Gasteiger partial charge in [0.15, 0.2) is 0 Å². The number of aliphatic hydroxyl groups excluding tert-OH is 1. The number of alkyl halides is 4. The van der Waals surface area contributed by atoms with Crippen molar-refractivity contribution >= 4 is 6.21 Å². The molecule has 3 N–H and O–H groups in total. The van der Waals surface area contributed by atoms with E-state index in [1.807, 2.05) is 0 Å². The molecule has 5 nitrogen and oxygen atoms in total. The van der Waals surface area contributed by atoms with Crippen LogP contribution in [0.1, 0.15) is 90.9 Å². The number of hydrogen-bond donors (Lipinski definition) is 3. The first-order valence-electron chi connectivity index (χ1n) is 15.7. The van der Waals surface area contributed by atoms with Crippen LogP contribution in [0.15, 0.2) is 0 Å². The zero-order valence-corrected chi connectivity index (χ0v) is 24.0. The lowest BCUT2D eigenvalue weighted by atomic mass is 9.70. The lowest BCUT2D eigenvalue weighted by Gasteiger charge is -2.41. The zero-order chi connectivity index (χ0) is 28.2. The van der Waals surface area contributed by atoms with Gasteiger partial charge in [0.05, 0.1) is 18.2 Å². The van der Waals surface area contributed by atoms with Crippen LogP contribution in [0.2, 0.25) is 0 Å². The van der Waals surface area contributed by atoms with E-state index < -0.39 is 18.3 Å². The highest BCUT2D eigenvalue weighted by molar-refractivity contribution is 5.56. The van der Waals surface area contributed by atoms with Gasteiger partial charge in [0.1, 0.15) is 6.17 Å². The largest absolute Gasteiger partial charge is 0.394 e. The van der Waals surface area contributed by atoms with Gasteiger partial charge in [0.2, 0.25) is 0 Å². The van der Waals surface area contributed by atoms with Crippen LogP contribution < -0.4 is 5.32 Å². The fourth-order valence-electron chi connectivity index (χ4n) is 8.35. The number of halogens is 4. The molecule has 0 amide bonds. The molecule has 0 aromatic carbocycles. The van der Waals surface area contributed by atoms with Crippen molar-refractivity contribution in [2.75, 3.05) is 26.2 Å². The molecule has 0 bridgehead atoms. The summed E-state index contributed by atoms with van der Waals surface area (Å²) < 4.78 is 54.6. The van der Waals surface area contributed by atoms with Crippen molar-refractivity contribution in [3.63, 3.8) is 0 Å². The van der Waals surface area contributed by atoms with E-state index in [0.29, 0.717) is 42.7 Å². The van der Waals surface area contributed by atoms with E-state index in [4.69, 9.17) is 5.41 Å². The second kappa shape index (κ2) is 13.9. The molecule has 4 rings (SSSR count). The van der Waals surface area contributed by atoms with E-state index in [9.17, 15) is 22.7 Å². The fourth-order valence-corrected chi connectivity index (χ4v) is 8.35. The lowest BCUT2D eigenvalue weighted by Crippen LogP contribution is -2.55. The Morgan fingerprint density at radius 2 is 1.82 bits per heavy atom. The fraction of sp³-hybridized carbons (Fsp3) is 0.967. The Morgan fingerprint density at radius 1 is 1.05 bits per heavy atom. The van der Waals surface area contributed by atoms with Crippen molar-refractivity contribution in [1.29, 1.82) is 5.41 Å². The molecule has 3 aliphatic carbocycles. The summed E-state index contributed by atoms with van der Waals surface area (Å²) in [5.74, 6) is 0.533. The Labute approximate surface area is 233 Å². The minimum Gasteiger partial charge on any atom is -0.392 e. The van der Waals surface area contributed by atoms with Gasteiger partial charge in [-0.2, -0.15) is 13.2 Å². The lowest BCUT2D eigenvalue weighted by molar-refractivity contribution is -0.200. The molecule has 226 valence electrons. The monoisotopic (exact) mass is 560 g/mol. The average molecular weight is 561 g/mol. The standard InChI is InChI=1S/C30H52F4N4O/c1-20-6-8-25(9-10-27(20)23-5-3-4-22(16-23)18-35)38(15-14-37-13-12-26(39)19-37)21(2)36-24-7-11-29(31)28(17-24)30(32,33)34/h18,20-29,35-36,39H,3-17,19H2,1-2H3/t20?,21-,22?,23?,24?,25?,26?,27?,28?,29?/m0/s1. The Bertz CT molecular complexity index is 770. The van der Waals surface area contributed by atoms with Crippen molar-refractivity contribution < 1.29 is 22.7 Å². The number of hydrogen-bond acceptors (Lipinski definition) is 5. The van der Waals surface area contributed by atoms with Crippen LogP contribution in [0, 0.1) is 35.0 Å². The van der Waals surface area contributed by atoms with Gasteiger partial charge in [-0.1, -0.05) is 19.8 Å². The summed E-state index contributed by atoms with van der Waals surface area (Å²) in [6, 6.07) is 0.0120. The number of rotatable bonds is 9. The predicted molar refractivity (Wildman–Crippen MR) is 148 cm³/mol. The van der Waals surface area contributed by atoms with E-state index >= 15 is 0 Å². The third-order valence-electron chi connectivity index (χ3n) is 10.7. The third-order valence-corrected chi connectivity index (χ3v) is 10.7. The van der Waals surface area contributed by atoms with Gasteiger partial charge < -0.3 is 10.5 Å². The molecule has 4 aliphatic rings. The second-order valence-corrected chi connectivity index (χ2v) is 13.3. The minimum atomic E-state index is -4.50. The summed E-state index contributed by atoms with van der Waals surface area (Å²) in [5.41, 5.74) is 0. The van der Waals surface area contributed by atoms with Crippen LogP contribution in [0.5, 0.6) is 0 Å². The van der Waals surface area contributed by atoms with E-state index in [0.717, 1.165) is 64.6 Å². The highest BCUT2D eigenvalue weighted by Crippen LogP contribution is 2.43. The molecule has 10 atom stereocenters. The smallest absolute Gasteiger partial charge is 0.392 e. The molecular weight excluding hydrogens is 508 g/mol. The summed E-state index contributed by atoms with van der Waals surface area (Å²) in [6.07, 6.45) is 5.21. The van der Waals surface area contributed by atoms with Gasteiger partial charge in [-0.3, -0.25) is 15.1 Å². The first kappa shape index (κ1) is 31.2. The molecular formula is C30H52F4N4O. The molecule has 0 aromatic rings. The van der Waals surface area contributed by atoms with Gasteiger partial charge in [0, 0.05) is 38.3 Å². The van der Waals surface area contributed by atoms with Gasteiger partial charge in [0.25, 0.3) is 0 Å². The molecule has 1 heterocycles. The number of nitrogens with zero attached hydrogens (tertiary/aromatic N) is 2. The Kier molecular flexibility index (Phi) is 11.1. The first-order valence-corrected chi connectivity index (χ1v) is 15.7. The number of likely N-dealkylation sites (tertiary alicyclic amines) is 1. The topological polar surface area (TPSA) is 62.6 Å². The highest BCUT2D eigenvalue weighted by atomic mass is 19.4. The van der Waals surface area contributed by atoms with Crippen LogP contribution >= 0.6 is 0 Å². The zero-order valence-electron chi connectivity index (χ0n) is 24.0. The molecule has 39 heavy (non-hydrogen) atoms.